The van der Waals surface area contributed by atoms with Gasteiger partial charge in [0.1, 0.15) is 5.82 Å². The maximum atomic E-state index is 5.35. The number of nitrogens with zero attached hydrogens (tertiary/aromatic N) is 4. The molecule has 0 N–H and O–H groups in total. The number of thiophene rings is 1. The van der Waals surface area contributed by atoms with Crippen LogP contribution < -0.4 is 4.74 Å². The van der Waals surface area contributed by atoms with Gasteiger partial charge >= 0.3 is 0 Å². The predicted octanol–water partition coefficient (Wildman–Crippen LogP) is 3.03. The van der Waals surface area contributed by atoms with Gasteiger partial charge in [0.05, 0.1) is 25.5 Å². The first kappa shape index (κ1) is 14.4. The third-order valence-corrected chi connectivity index (χ3v) is 4.88. The number of pyridine rings is 1. The number of rotatable bonds is 4. The van der Waals surface area contributed by atoms with Crippen LogP contribution in [0.5, 0.6) is 5.88 Å². The quantitative estimate of drug-likeness (QED) is 0.739. The van der Waals surface area contributed by atoms with Crippen molar-refractivity contribution in [2.24, 2.45) is 0 Å². The number of ether oxygens (including phenoxy) is 1. The maximum absolute atomic E-state index is 5.35. The van der Waals surface area contributed by atoms with Gasteiger partial charge in [-0.2, -0.15) is 11.3 Å². The molecule has 0 atom stereocenters. The van der Waals surface area contributed by atoms with Crippen LogP contribution >= 0.6 is 11.3 Å². The Bertz CT molecular complexity index is 797. The highest BCUT2D eigenvalue weighted by Gasteiger charge is 2.21. The fraction of sp³-hybridized carbons (Fsp3) is 0.294. The van der Waals surface area contributed by atoms with Crippen LogP contribution in [0.15, 0.2) is 41.4 Å². The van der Waals surface area contributed by atoms with Gasteiger partial charge in [0.25, 0.3) is 0 Å². The van der Waals surface area contributed by atoms with Crippen LogP contribution in [0.2, 0.25) is 0 Å². The zero-order valence-electron chi connectivity index (χ0n) is 13.0. The van der Waals surface area contributed by atoms with Crippen LogP contribution in [0.25, 0.3) is 11.3 Å². The van der Waals surface area contributed by atoms with Crippen molar-refractivity contribution in [3.8, 4) is 17.1 Å². The molecule has 0 saturated heterocycles. The Morgan fingerprint density at radius 3 is 3.04 bits per heavy atom. The zero-order valence-corrected chi connectivity index (χ0v) is 13.8. The predicted molar refractivity (Wildman–Crippen MR) is 90.4 cm³/mol. The summed E-state index contributed by atoms with van der Waals surface area (Å²) in [5.41, 5.74) is 3.60. The minimum atomic E-state index is 0.709. The SMILES string of the molecule is COc1ncccc1CN1CCn2c(-c3ccsc3)cnc2C1. The Labute approximate surface area is 139 Å². The van der Waals surface area contributed by atoms with Gasteiger partial charge in [0.15, 0.2) is 0 Å². The van der Waals surface area contributed by atoms with E-state index >= 15 is 0 Å². The molecule has 4 rings (SSSR count). The molecular formula is C17H18N4OS. The van der Waals surface area contributed by atoms with E-state index in [9.17, 15) is 0 Å². The topological polar surface area (TPSA) is 43.2 Å². The van der Waals surface area contributed by atoms with Gasteiger partial charge in [0.2, 0.25) is 5.88 Å². The summed E-state index contributed by atoms with van der Waals surface area (Å²) in [5.74, 6) is 1.83. The molecule has 0 radical (unpaired) electrons. The summed E-state index contributed by atoms with van der Waals surface area (Å²) in [5, 5.41) is 4.29. The summed E-state index contributed by atoms with van der Waals surface area (Å²) in [6, 6.07) is 6.18. The number of methoxy groups -OCH3 is 1. The summed E-state index contributed by atoms with van der Waals surface area (Å²) in [7, 11) is 1.67. The second-order valence-corrected chi connectivity index (χ2v) is 6.39. The van der Waals surface area contributed by atoms with E-state index in [0.29, 0.717) is 5.88 Å². The fourth-order valence-corrected chi connectivity index (χ4v) is 3.70. The summed E-state index contributed by atoms with van der Waals surface area (Å²) in [6.45, 7) is 3.64. The van der Waals surface area contributed by atoms with Crippen LogP contribution in [0.4, 0.5) is 0 Å². The molecule has 1 aliphatic rings. The average molecular weight is 326 g/mol. The summed E-state index contributed by atoms with van der Waals surface area (Å²) in [6.07, 6.45) is 3.75. The molecule has 0 aromatic carbocycles. The highest BCUT2D eigenvalue weighted by Crippen LogP contribution is 2.27. The smallest absolute Gasteiger partial charge is 0.217 e. The Morgan fingerprint density at radius 1 is 1.26 bits per heavy atom. The van der Waals surface area contributed by atoms with E-state index in [4.69, 9.17) is 4.74 Å². The monoisotopic (exact) mass is 326 g/mol. The molecule has 5 nitrogen and oxygen atoms in total. The molecule has 23 heavy (non-hydrogen) atoms. The molecule has 0 spiro atoms. The summed E-state index contributed by atoms with van der Waals surface area (Å²) >= 11 is 1.72. The Morgan fingerprint density at radius 2 is 2.22 bits per heavy atom. The lowest BCUT2D eigenvalue weighted by Crippen LogP contribution is -2.33. The molecule has 6 heteroatoms. The standard InChI is InChI=1S/C17H18N4OS/c1-22-17-13(3-2-5-18-17)10-20-6-7-21-15(9-19-16(21)11-20)14-4-8-23-12-14/h2-5,8-9,12H,6-7,10-11H2,1H3. The molecule has 0 saturated carbocycles. The van der Waals surface area contributed by atoms with Gasteiger partial charge in [-0.3, -0.25) is 4.90 Å². The van der Waals surface area contributed by atoms with Gasteiger partial charge in [-0.1, -0.05) is 6.07 Å². The molecule has 0 unspecified atom stereocenters. The first-order chi connectivity index (χ1) is 11.3. The van der Waals surface area contributed by atoms with E-state index in [1.807, 2.05) is 12.3 Å². The van der Waals surface area contributed by atoms with E-state index in [1.54, 1.807) is 24.6 Å². The minimum Gasteiger partial charge on any atom is -0.481 e. The first-order valence-electron chi connectivity index (χ1n) is 7.62. The third kappa shape index (κ3) is 2.75. The maximum Gasteiger partial charge on any atom is 0.217 e. The van der Waals surface area contributed by atoms with Crippen molar-refractivity contribution in [2.45, 2.75) is 19.6 Å². The second kappa shape index (κ2) is 6.14. The number of hydrogen-bond donors (Lipinski definition) is 0. The average Bonchev–Trinajstić information content (AvgIpc) is 3.24. The van der Waals surface area contributed by atoms with Gasteiger partial charge in [-0.05, 0) is 17.5 Å². The van der Waals surface area contributed by atoms with Crippen molar-refractivity contribution in [3.05, 3.63) is 52.7 Å². The van der Waals surface area contributed by atoms with Crippen LogP contribution in [0.1, 0.15) is 11.4 Å². The number of hydrogen-bond acceptors (Lipinski definition) is 5. The Hall–Kier alpha value is -2.18. The Balaban J connectivity index is 1.54. The summed E-state index contributed by atoms with van der Waals surface area (Å²) in [4.78, 5) is 11.3. The highest BCUT2D eigenvalue weighted by molar-refractivity contribution is 7.08. The first-order valence-corrected chi connectivity index (χ1v) is 8.56. The van der Waals surface area contributed by atoms with Crippen molar-refractivity contribution in [3.63, 3.8) is 0 Å². The van der Waals surface area contributed by atoms with Crippen molar-refractivity contribution in [1.29, 1.82) is 0 Å². The minimum absolute atomic E-state index is 0.709. The van der Waals surface area contributed by atoms with E-state index < -0.39 is 0 Å². The summed E-state index contributed by atoms with van der Waals surface area (Å²) < 4.78 is 7.68. The third-order valence-electron chi connectivity index (χ3n) is 4.20. The molecule has 118 valence electrons. The normalized spacial score (nSPS) is 14.7. The number of aromatic nitrogens is 3. The molecule has 3 aromatic rings. The van der Waals surface area contributed by atoms with Gasteiger partial charge in [-0.25, -0.2) is 9.97 Å². The van der Waals surface area contributed by atoms with Crippen LogP contribution in [-0.4, -0.2) is 33.1 Å². The lowest BCUT2D eigenvalue weighted by molar-refractivity contribution is 0.206. The van der Waals surface area contributed by atoms with Gasteiger partial charge < -0.3 is 9.30 Å². The molecule has 4 heterocycles. The molecule has 0 aliphatic carbocycles. The van der Waals surface area contributed by atoms with Crippen LogP contribution in [0, 0.1) is 0 Å². The molecule has 1 aliphatic heterocycles. The van der Waals surface area contributed by atoms with E-state index in [-0.39, 0.29) is 0 Å². The molecule has 0 fully saturated rings. The van der Waals surface area contributed by atoms with Crippen LogP contribution in [0.3, 0.4) is 0 Å². The lowest BCUT2D eigenvalue weighted by atomic mass is 10.2. The van der Waals surface area contributed by atoms with E-state index in [1.165, 1.54) is 11.3 Å². The highest BCUT2D eigenvalue weighted by atomic mass is 32.1. The van der Waals surface area contributed by atoms with Crippen LogP contribution in [-0.2, 0) is 19.6 Å². The largest absolute Gasteiger partial charge is 0.481 e. The van der Waals surface area contributed by atoms with Gasteiger partial charge in [0, 0.05) is 42.3 Å². The molecule has 3 aromatic heterocycles. The molecular weight excluding hydrogens is 308 g/mol. The number of fused-ring (bicyclic) bond motifs is 1. The lowest BCUT2D eigenvalue weighted by Gasteiger charge is -2.28. The van der Waals surface area contributed by atoms with Crippen molar-refractivity contribution < 1.29 is 4.74 Å². The fourth-order valence-electron chi connectivity index (χ4n) is 3.05. The van der Waals surface area contributed by atoms with E-state index in [0.717, 1.165) is 37.6 Å². The molecule has 0 amide bonds. The second-order valence-electron chi connectivity index (χ2n) is 5.61. The van der Waals surface area contributed by atoms with Crippen molar-refractivity contribution in [2.75, 3.05) is 13.7 Å². The van der Waals surface area contributed by atoms with Crippen molar-refractivity contribution >= 4 is 11.3 Å². The van der Waals surface area contributed by atoms with E-state index in [2.05, 4.69) is 42.3 Å². The number of imidazole rings is 1. The van der Waals surface area contributed by atoms with Crippen molar-refractivity contribution in [1.82, 2.24) is 19.4 Å². The van der Waals surface area contributed by atoms with Gasteiger partial charge in [-0.15, -0.1) is 0 Å². The zero-order chi connectivity index (χ0) is 15.6. The molecule has 0 bridgehead atoms. The Kier molecular flexibility index (Phi) is 3.85.